The highest BCUT2D eigenvalue weighted by atomic mass is 79.9. The quantitative estimate of drug-likeness (QED) is 0.769. The fraction of sp³-hybridized carbons (Fsp3) is 0.500. The molecule has 1 saturated heterocycles. The topological polar surface area (TPSA) is 59.0 Å². The van der Waals surface area contributed by atoms with E-state index in [9.17, 15) is 4.79 Å². The maximum Gasteiger partial charge on any atom is 0.252 e. The van der Waals surface area contributed by atoms with E-state index >= 15 is 0 Å². The Morgan fingerprint density at radius 2 is 2.40 bits per heavy atom. The van der Waals surface area contributed by atoms with Gasteiger partial charge >= 0.3 is 0 Å². The first-order chi connectivity index (χ1) is 7.20. The maximum atomic E-state index is 11.6. The van der Waals surface area contributed by atoms with Crippen molar-refractivity contribution >= 4 is 39.4 Å². The van der Waals surface area contributed by atoms with Crippen LogP contribution >= 0.6 is 27.5 Å². The zero-order valence-corrected chi connectivity index (χ0v) is 10.1. The van der Waals surface area contributed by atoms with Crippen LogP contribution in [-0.4, -0.2) is 33.5 Å². The van der Waals surface area contributed by atoms with E-state index in [4.69, 9.17) is 11.6 Å². The minimum absolute atomic E-state index is 0.00442. The van der Waals surface area contributed by atoms with Crippen molar-refractivity contribution in [1.29, 1.82) is 0 Å². The minimum Gasteiger partial charge on any atom is -0.279 e. The fourth-order valence-corrected chi connectivity index (χ4v) is 1.85. The predicted molar refractivity (Wildman–Crippen MR) is 58.7 cm³/mol. The van der Waals surface area contributed by atoms with Gasteiger partial charge in [0.1, 0.15) is 4.60 Å². The number of rotatable bonds is 2. The van der Waals surface area contributed by atoms with Crippen molar-refractivity contribution in [1.82, 2.24) is 15.2 Å². The minimum atomic E-state index is 0.00442. The third kappa shape index (κ3) is 2.26. The Labute approximate surface area is 100.0 Å². The number of hydrogen-bond donors (Lipinski definition) is 0. The van der Waals surface area contributed by atoms with Crippen LogP contribution < -0.4 is 4.90 Å². The van der Waals surface area contributed by atoms with Gasteiger partial charge in [0.25, 0.3) is 5.95 Å². The van der Waals surface area contributed by atoms with E-state index in [-0.39, 0.29) is 11.8 Å². The molecule has 0 aliphatic carbocycles. The lowest BCUT2D eigenvalue weighted by atomic mass is 10.2. The number of alkyl halides is 1. The summed E-state index contributed by atoms with van der Waals surface area (Å²) in [4.78, 5) is 17.1. The molecule has 5 nitrogen and oxygen atoms in total. The summed E-state index contributed by atoms with van der Waals surface area (Å²) in [5, 5.41) is 7.62. The summed E-state index contributed by atoms with van der Waals surface area (Å²) in [6.45, 7) is 0.575. The highest BCUT2D eigenvalue weighted by Crippen LogP contribution is 2.22. The smallest absolute Gasteiger partial charge is 0.252 e. The molecule has 1 aromatic rings. The highest BCUT2D eigenvalue weighted by Gasteiger charge is 2.31. The molecule has 0 N–H and O–H groups in total. The van der Waals surface area contributed by atoms with Crippen LogP contribution in [0.2, 0.25) is 0 Å². The van der Waals surface area contributed by atoms with Gasteiger partial charge in [-0.2, -0.15) is 0 Å². The molecule has 1 aliphatic rings. The Bertz CT molecular complexity index is 371. The highest BCUT2D eigenvalue weighted by molar-refractivity contribution is 9.10. The van der Waals surface area contributed by atoms with E-state index in [1.54, 1.807) is 0 Å². The number of amides is 1. The lowest BCUT2D eigenvalue weighted by Gasteiger charge is -2.12. The zero-order chi connectivity index (χ0) is 10.8. The summed E-state index contributed by atoms with van der Waals surface area (Å²) in [5.41, 5.74) is 0. The Balaban J connectivity index is 2.18. The molecule has 2 rings (SSSR count). The van der Waals surface area contributed by atoms with Crippen molar-refractivity contribution in [2.45, 2.75) is 6.42 Å². The van der Waals surface area contributed by atoms with Gasteiger partial charge < -0.3 is 0 Å². The fourth-order valence-electron chi connectivity index (χ4n) is 1.46. The largest absolute Gasteiger partial charge is 0.279 e. The van der Waals surface area contributed by atoms with Gasteiger partial charge in [-0.15, -0.1) is 21.8 Å². The standard InChI is InChI=1S/C8H8BrClN4O/c9-6-3-11-8(13-12-6)14-4-5(2-10)1-7(14)15/h3,5H,1-2,4H2. The van der Waals surface area contributed by atoms with Gasteiger partial charge in [0.05, 0.1) is 6.20 Å². The molecule has 0 aromatic carbocycles. The van der Waals surface area contributed by atoms with Crippen LogP contribution in [-0.2, 0) is 4.79 Å². The first-order valence-electron chi connectivity index (χ1n) is 4.42. The maximum absolute atomic E-state index is 11.6. The monoisotopic (exact) mass is 290 g/mol. The summed E-state index contributed by atoms with van der Waals surface area (Å²) < 4.78 is 0.548. The lowest BCUT2D eigenvalue weighted by Crippen LogP contribution is -2.27. The van der Waals surface area contributed by atoms with Gasteiger partial charge in [0.15, 0.2) is 0 Å². The van der Waals surface area contributed by atoms with Crippen molar-refractivity contribution < 1.29 is 4.79 Å². The van der Waals surface area contributed by atoms with Crippen LogP contribution in [0.5, 0.6) is 0 Å². The van der Waals surface area contributed by atoms with Gasteiger partial charge in [0, 0.05) is 18.8 Å². The van der Waals surface area contributed by atoms with Gasteiger partial charge in [-0.3, -0.25) is 9.69 Å². The number of aromatic nitrogens is 3. The van der Waals surface area contributed by atoms with Gasteiger partial charge in [0.2, 0.25) is 5.91 Å². The SMILES string of the molecule is O=C1CC(CCl)CN1c1ncc(Br)nn1. The van der Waals surface area contributed by atoms with E-state index in [1.165, 1.54) is 11.1 Å². The normalized spacial score (nSPS) is 21.1. The molecule has 0 radical (unpaired) electrons. The van der Waals surface area contributed by atoms with Crippen molar-refractivity contribution in [2.75, 3.05) is 17.3 Å². The molecule has 2 heterocycles. The van der Waals surface area contributed by atoms with Gasteiger partial charge in [-0.05, 0) is 21.8 Å². The molecular formula is C8H8BrClN4O. The van der Waals surface area contributed by atoms with Gasteiger partial charge in [-0.1, -0.05) is 0 Å². The number of carbonyl (C=O) groups is 1. The van der Waals surface area contributed by atoms with Crippen molar-refractivity contribution in [3.63, 3.8) is 0 Å². The van der Waals surface area contributed by atoms with Crippen LogP contribution in [0.3, 0.4) is 0 Å². The Morgan fingerprint density at radius 1 is 1.60 bits per heavy atom. The number of nitrogens with zero attached hydrogens (tertiary/aromatic N) is 4. The van der Waals surface area contributed by atoms with Crippen LogP contribution in [0.25, 0.3) is 0 Å². The third-order valence-electron chi connectivity index (χ3n) is 2.19. The van der Waals surface area contributed by atoms with Gasteiger partial charge in [-0.25, -0.2) is 4.98 Å². The molecule has 0 bridgehead atoms. The number of halogens is 2. The summed E-state index contributed by atoms with van der Waals surface area (Å²) in [5.74, 6) is 1.01. The molecule has 0 spiro atoms. The molecular weight excluding hydrogens is 283 g/mol. The molecule has 15 heavy (non-hydrogen) atoms. The van der Waals surface area contributed by atoms with E-state index in [0.717, 1.165) is 0 Å². The van der Waals surface area contributed by atoms with Crippen LogP contribution in [0.4, 0.5) is 5.95 Å². The van der Waals surface area contributed by atoms with Crippen LogP contribution in [0.1, 0.15) is 6.42 Å². The second-order valence-corrected chi connectivity index (χ2v) is 4.43. The average molecular weight is 292 g/mol. The van der Waals surface area contributed by atoms with Crippen molar-refractivity contribution in [3.05, 3.63) is 10.8 Å². The number of anilines is 1. The molecule has 1 aromatic heterocycles. The molecule has 1 unspecified atom stereocenters. The molecule has 1 aliphatic heterocycles. The average Bonchev–Trinajstić information content (AvgIpc) is 2.61. The van der Waals surface area contributed by atoms with E-state index < -0.39 is 0 Å². The Hall–Kier alpha value is -0.750. The van der Waals surface area contributed by atoms with E-state index in [1.807, 2.05) is 0 Å². The van der Waals surface area contributed by atoms with E-state index in [2.05, 4.69) is 31.1 Å². The van der Waals surface area contributed by atoms with Crippen LogP contribution in [0.15, 0.2) is 10.8 Å². The molecule has 0 saturated carbocycles. The predicted octanol–water partition coefficient (Wildman–Crippen LogP) is 1.23. The summed E-state index contributed by atoms with van der Waals surface area (Å²) in [6, 6.07) is 0. The second kappa shape index (κ2) is 4.40. The van der Waals surface area contributed by atoms with Crippen molar-refractivity contribution in [3.8, 4) is 0 Å². The molecule has 1 atom stereocenters. The lowest BCUT2D eigenvalue weighted by molar-refractivity contribution is -0.117. The number of carbonyl (C=O) groups excluding carboxylic acids is 1. The Morgan fingerprint density at radius 3 is 2.93 bits per heavy atom. The summed E-state index contributed by atoms with van der Waals surface area (Å²) in [7, 11) is 0. The Kier molecular flexibility index (Phi) is 3.16. The summed E-state index contributed by atoms with van der Waals surface area (Å²) >= 11 is 8.84. The van der Waals surface area contributed by atoms with E-state index in [0.29, 0.717) is 29.4 Å². The zero-order valence-electron chi connectivity index (χ0n) is 7.73. The summed E-state index contributed by atoms with van der Waals surface area (Å²) in [6.07, 6.45) is 1.98. The first kappa shape index (κ1) is 10.8. The number of hydrogen-bond acceptors (Lipinski definition) is 4. The first-order valence-corrected chi connectivity index (χ1v) is 5.75. The molecule has 7 heteroatoms. The van der Waals surface area contributed by atoms with Crippen LogP contribution in [0, 0.1) is 5.92 Å². The molecule has 1 fully saturated rings. The second-order valence-electron chi connectivity index (χ2n) is 3.31. The molecule has 80 valence electrons. The molecule has 1 amide bonds. The van der Waals surface area contributed by atoms with Crippen molar-refractivity contribution in [2.24, 2.45) is 5.92 Å². The third-order valence-corrected chi connectivity index (χ3v) is 2.99.